The van der Waals surface area contributed by atoms with E-state index in [0.29, 0.717) is 6.61 Å². The van der Waals surface area contributed by atoms with E-state index >= 15 is 0 Å². The van der Waals surface area contributed by atoms with Gasteiger partial charge >= 0.3 is 0 Å². The summed E-state index contributed by atoms with van der Waals surface area (Å²) < 4.78 is 9.50. The van der Waals surface area contributed by atoms with E-state index in [-0.39, 0.29) is 6.04 Å². The number of benzene rings is 2. The highest BCUT2D eigenvalue weighted by atomic mass is 32.2. The average molecular weight is 344 g/mol. The molecule has 0 fully saturated rings. The molecule has 0 heterocycles. The molecule has 0 spiro atoms. The number of ether oxygens (including phenoxy) is 1. The third-order valence-electron chi connectivity index (χ3n) is 4.10. The quantitative estimate of drug-likeness (QED) is 0.628. The molecule has 0 aromatic heterocycles. The summed E-state index contributed by atoms with van der Waals surface area (Å²) in [6.45, 7) is 11.4. The van der Waals surface area contributed by atoms with Crippen molar-refractivity contribution in [1.82, 2.24) is 4.72 Å². The van der Waals surface area contributed by atoms with Crippen molar-refractivity contribution in [2.24, 2.45) is 0 Å². The van der Waals surface area contributed by atoms with E-state index in [9.17, 15) is 0 Å². The van der Waals surface area contributed by atoms with Crippen LogP contribution in [-0.4, -0.2) is 12.6 Å². The summed E-state index contributed by atoms with van der Waals surface area (Å²) in [6.07, 6.45) is 2.35. The van der Waals surface area contributed by atoms with E-state index in [1.165, 1.54) is 33.6 Å². The van der Waals surface area contributed by atoms with Gasteiger partial charge in [-0.3, -0.25) is 4.72 Å². The molecule has 0 saturated heterocycles. The van der Waals surface area contributed by atoms with Crippen molar-refractivity contribution in [2.75, 3.05) is 6.61 Å². The van der Waals surface area contributed by atoms with Gasteiger partial charge in [-0.1, -0.05) is 37.6 Å². The van der Waals surface area contributed by atoms with Crippen LogP contribution < -0.4 is 9.46 Å². The van der Waals surface area contributed by atoms with Gasteiger partial charge in [0.05, 0.1) is 0 Å². The van der Waals surface area contributed by atoms with Crippen LogP contribution in [-0.2, 0) is 6.42 Å². The minimum Gasteiger partial charge on any atom is -0.491 e. The van der Waals surface area contributed by atoms with Crippen LogP contribution >= 0.6 is 11.9 Å². The lowest BCUT2D eigenvalue weighted by molar-refractivity contribution is 0.286. The van der Waals surface area contributed by atoms with Gasteiger partial charge in [-0.2, -0.15) is 0 Å². The summed E-state index contributed by atoms with van der Waals surface area (Å²) in [5.74, 6) is 1.01. The molecule has 1 N–H and O–H groups in total. The number of para-hydroxylation sites is 1. The van der Waals surface area contributed by atoms with Crippen LogP contribution in [0.5, 0.6) is 5.75 Å². The Morgan fingerprint density at radius 1 is 1.04 bits per heavy atom. The Morgan fingerprint density at radius 3 is 2.38 bits per heavy atom. The van der Waals surface area contributed by atoms with Gasteiger partial charge in [0.2, 0.25) is 0 Å². The number of aryl methyl sites for hydroxylation is 4. The van der Waals surface area contributed by atoms with E-state index in [1.807, 2.05) is 0 Å². The van der Waals surface area contributed by atoms with Crippen LogP contribution in [0.3, 0.4) is 0 Å². The Labute approximate surface area is 151 Å². The van der Waals surface area contributed by atoms with Crippen LogP contribution in [0.2, 0.25) is 0 Å². The normalized spacial score (nSPS) is 12.2. The average Bonchev–Trinajstić information content (AvgIpc) is 2.55. The molecule has 0 amide bonds. The molecule has 1 atom stereocenters. The summed E-state index contributed by atoms with van der Waals surface area (Å²) in [7, 11) is 0. The molecule has 3 heteroatoms. The van der Waals surface area contributed by atoms with Crippen molar-refractivity contribution < 1.29 is 4.74 Å². The third kappa shape index (κ3) is 5.29. The number of hydrogen-bond donors (Lipinski definition) is 1. The van der Waals surface area contributed by atoms with Gasteiger partial charge < -0.3 is 4.74 Å². The Bertz CT molecular complexity index is 649. The highest BCUT2D eigenvalue weighted by molar-refractivity contribution is 7.97. The third-order valence-corrected chi connectivity index (χ3v) is 5.11. The molecule has 2 aromatic rings. The number of hydrogen-bond acceptors (Lipinski definition) is 3. The Morgan fingerprint density at radius 2 is 1.75 bits per heavy atom. The number of rotatable bonds is 8. The second kappa shape index (κ2) is 9.14. The molecule has 0 aliphatic carbocycles. The maximum atomic E-state index is 6.02. The largest absolute Gasteiger partial charge is 0.491 e. The molecule has 2 rings (SSSR count). The zero-order valence-electron chi connectivity index (χ0n) is 15.5. The van der Waals surface area contributed by atoms with Crippen molar-refractivity contribution in [2.45, 2.75) is 58.4 Å². The van der Waals surface area contributed by atoms with Gasteiger partial charge in [0.15, 0.2) is 0 Å². The Balaban J connectivity index is 1.85. The molecular weight excluding hydrogens is 314 g/mol. The van der Waals surface area contributed by atoms with Gasteiger partial charge in [0.25, 0.3) is 0 Å². The van der Waals surface area contributed by atoms with Gasteiger partial charge in [-0.15, -0.1) is 0 Å². The SMILES string of the molecule is CCCc1ccc(SNC(C)COc2c(C)cccc2C)cc1C. The monoisotopic (exact) mass is 343 g/mol. The molecule has 0 radical (unpaired) electrons. The summed E-state index contributed by atoms with van der Waals surface area (Å²) >= 11 is 1.68. The van der Waals surface area contributed by atoms with Gasteiger partial charge in [0, 0.05) is 10.9 Å². The van der Waals surface area contributed by atoms with Crippen LogP contribution in [0.25, 0.3) is 0 Å². The van der Waals surface area contributed by atoms with Crippen LogP contribution in [0.15, 0.2) is 41.3 Å². The van der Waals surface area contributed by atoms with Gasteiger partial charge in [0.1, 0.15) is 12.4 Å². The summed E-state index contributed by atoms with van der Waals surface area (Å²) in [5.41, 5.74) is 5.21. The smallest absolute Gasteiger partial charge is 0.125 e. The first-order chi connectivity index (χ1) is 11.5. The Hall–Kier alpha value is -1.45. The maximum Gasteiger partial charge on any atom is 0.125 e. The minimum atomic E-state index is 0.268. The van der Waals surface area contributed by atoms with Crippen molar-refractivity contribution in [3.05, 3.63) is 58.7 Å². The zero-order chi connectivity index (χ0) is 17.5. The van der Waals surface area contributed by atoms with E-state index in [4.69, 9.17) is 4.74 Å². The van der Waals surface area contributed by atoms with Crippen LogP contribution in [0.4, 0.5) is 0 Å². The highest BCUT2D eigenvalue weighted by Gasteiger charge is 2.08. The lowest BCUT2D eigenvalue weighted by Crippen LogP contribution is -2.26. The van der Waals surface area contributed by atoms with Gasteiger partial charge in [-0.05, 0) is 80.5 Å². The second-order valence-electron chi connectivity index (χ2n) is 6.49. The standard InChI is InChI=1S/C21H29NOS/c1-6-8-19-11-12-20(13-17(19)4)24-22-18(5)14-23-21-15(2)9-7-10-16(21)3/h7,9-13,18,22H,6,8,14H2,1-5H3. The summed E-state index contributed by atoms with van der Waals surface area (Å²) in [6, 6.07) is 13.2. The predicted octanol–water partition coefficient (Wildman–Crippen LogP) is 5.63. The second-order valence-corrected chi connectivity index (χ2v) is 7.40. The fraction of sp³-hybridized carbons (Fsp3) is 0.429. The van der Waals surface area contributed by atoms with Gasteiger partial charge in [-0.25, -0.2) is 0 Å². The van der Waals surface area contributed by atoms with E-state index in [2.05, 4.69) is 75.7 Å². The molecule has 24 heavy (non-hydrogen) atoms. The first-order valence-electron chi connectivity index (χ1n) is 8.72. The minimum absolute atomic E-state index is 0.268. The molecule has 2 aromatic carbocycles. The molecule has 0 saturated carbocycles. The Kier molecular flexibility index (Phi) is 7.19. The topological polar surface area (TPSA) is 21.3 Å². The van der Waals surface area contributed by atoms with Crippen LogP contribution in [0, 0.1) is 20.8 Å². The van der Waals surface area contributed by atoms with Crippen molar-refractivity contribution in [1.29, 1.82) is 0 Å². The van der Waals surface area contributed by atoms with E-state index in [1.54, 1.807) is 11.9 Å². The first kappa shape index (κ1) is 18.9. The molecule has 0 bridgehead atoms. The molecule has 0 aliphatic heterocycles. The molecule has 0 aliphatic rings. The summed E-state index contributed by atoms with van der Waals surface area (Å²) in [5, 5.41) is 0. The molecule has 1 unspecified atom stereocenters. The van der Waals surface area contributed by atoms with Crippen LogP contribution in [0.1, 0.15) is 42.5 Å². The fourth-order valence-corrected chi connectivity index (χ4v) is 3.50. The zero-order valence-corrected chi connectivity index (χ0v) is 16.3. The first-order valence-corrected chi connectivity index (χ1v) is 9.53. The molecule has 2 nitrogen and oxygen atoms in total. The molecule has 130 valence electrons. The summed E-state index contributed by atoms with van der Waals surface area (Å²) in [4.78, 5) is 1.26. The maximum absolute atomic E-state index is 6.02. The predicted molar refractivity (Wildman–Crippen MR) is 105 cm³/mol. The van der Waals surface area contributed by atoms with E-state index < -0.39 is 0 Å². The fourth-order valence-electron chi connectivity index (χ4n) is 2.72. The lowest BCUT2D eigenvalue weighted by Gasteiger charge is -2.17. The van der Waals surface area contributed by atoms with Crippen molar-refractivity contribution in [3.8, 4) is 5.75 Å². The lowest BCUT2D eigenvalue weighted by atomic mass is 10.1. The van der Waals surface area contributed by atoms with E-state index in [0.717, 1.165) is 12.2 Å². The number of nitrogens with one attached hydrogen (secondary N) is 1. The highest BCUT2D eigenvalue weighted by Crippen LogP contribution is 2.23. The molecular formula is C21H29NOS. The van der Waals surface area contributed by atoms with Crippen molar-refractivity contribution >= 4 is 11.9 Å². The van der Waals surface area contributed by atoms with Crippen molar-refractivity contribution in [3.63, 3.8) is 0 Å².